The van der Waals surface area contributed by atoms with E-state index in [4.69, 9.17) is 5.26 Å². The Hall–Kier alpha value is -2.34. The highest BCUT2D eigenvalue weighted by atomic mass is 16.1. The second-order valence-electron chi connectivity index (χ2n) is 4.00. The molecule has 3 nitrogen and oxygen atoms in total. The topological polar surface area (TPSA) is 45.8 Å². The van der Waals surface area contributed by atoms with Crippen LogP contribution in [0.2, 0.25) is 0 Å². The number of nitrogens with zero attached hydrogens (tertiary/aromatic N) is 2. The number of aromatic nitrogens is 1. The van der Waals surface area contributed by atoms with Crippen LogP contribution in [-0.2, 0) is 0 Å². The Morgan fingerprint density at radius 2 is 2.00 bits per heavy atom. The summed E-state index contributed by atoms with van der Waals surface area (Å²) in [7, 11) is 0. The van der Waals surface area contributed by atoms with Crippen LogP contribution in [0.4, 0.5) is 0 Å². The van der Waals surface area contributed by atoms with Crippen LogP contribution >= 0.6 is 0 Å². The molecule has 0 amide bonds. The molecule has 0 aliphatic carbocycles. The summed E-state index contributed by atoms with van der Waals surface area (Å²) in [6.45, 7) is 3.73. The molecule has 2 aromatic rings. The molecular weight excluding hydrogens is 212 g/mol. The second kappa shape index (κ2) is 4.26. The number of hydrogen-bond donors (Lipinski definition) is 0. The maximum atomic E-state index is 12.1. The van der Waals surface area contributed by atoms with Crippen molar-refractivity contribution in [3.8, 4) is 11.8 Å². The van der Waals surface area contributed by atoms with E-state index in [-0.39, 0.29) is 11.1 Å². The van der Waals surface area contributed by atoms with Gasteiger partial charge >= 0.3 is 0 Å². The summed E-state index contributed by atoms with van der Waals surface area (Å²) in [6.07, 6.45) is 1.70. The summed E-state index contributed by atoms with van der Waals surface area (Å²) in [4.78, 5) is 12.1. The molecule has 0 spiro atoms. The van der Waals surface area contributed by atoms with Crippen molar-refractivity contribution in [2.75, 3.05) is 0 Å². The van der Waals surface area contributed by atoms with E-state index >= 15 is 0 Å². The van der Waals surface area contributed by atoms with Crippen molar-refractivity contribution in [3.05, 3.63) is 63.6 Å². The lowest BCUT2D eigenvalue weighted by molar-refractivity contribution is 0.971. The van der Waals surface area contributed by atoms with E-state index in [2.05, 4.69) is 0 Å². The smallest absolute Gasteiger partial charge is 0.273 e. The van der Waals surface area contributed by atoms with Crippen molar-refractivity contribution in [2.24, 2.45) is 0 Å². The standard InChI is InChI=1S/C14H12N2O/c1-10-4-3-5-12(8-10)16-7-6-11(2)13(9-15)14(16)17/h3-8H,1-2H3. The van der Waals surface area contributed by atoms with Gasteiger partial charge in [0, 0.05) is 11.9 Å². The summed E-state index contributed by atoms with van der Waals surface area (Å²) in [5.74, 6) is 0. The lowest BCUT2D eigenvalue weighted by Gasteiger charge is -2.07. The second-order valence-corrected chi connectivity index (χ2v) is 4.00. The molecule has 0 unspecified atom stereocenters. The summed E-state index contributed by atoms with van der Waals surface area (Å²) in [6, 6.07) is 11.4. The maximum Gasteiger partial charge on any atom is 0.273 e. The molecule has 17 heavy (non-hydrogen) atoms. The van der Waals surface area contributed by atoms with Gasteiger partial charge in [-0.3, -0.25) is 9.36 Å². The van der Waals surface area contributed by atoms with Gasteiger partial charge in [0.2, 0.25) is 0 Å². The van der Waals surface area contributed by atoms with Crippen LogP contribution in [0.5, 0.6) is 0 Å². The first-order valence-electron chi connectivity index (χ1n) is 5.33. The average Bonchev–Trinajstić information content (AvgIpc) is 2.29. The van der Waals surface area contributed by atoms with E-state index in [0.29, 0.717) is 5.56 Å². The third-order valence-electron chi connectivity index (χ3n) is 2.69. The fourth-order valence-corrected chi connectivity index (χ4v) is 1.74. The summed E-state index contributed by atoms with van der Waals surface area (Å²) >= 11 is 0. The monoisotopic (exact) mass is 224 g/mol. The minimum Gasteiger partial charge on any atom is -0.283 e. The van der Waals surface area contributed by atoms with Gasteiger partial charge < -0.3 is 0 Å². The van der Waals surface area contributed by atoms with Crippen LogP contribution in [0.25, 0.3) is 5.69 Å². The van der Waals surface area contributed by atoms with E-state index in [1.165, 1.54) is 4.57 Å². The largest absolute Gasteiger partial charge is 0.283 e. The van der Waals surface area contributed by atoms with Crippen LogP contribution in [0.3, 0.4) is 0 Å². The van der Waals surface area contributed by atoms with Crippen molar-refractivity contribution >= 4 is 0 Å². The molecule has 1 aromatic heterocycles. The van der Waals surface area contributed by atoms with E-state index in [9.17, 15) is 4.79 Å². The fraction of sp³-hybridized carbons (Fsp3) is 0.143. The molecular formula is C14H12N2O. The number of benzene rings is 1. The first kappa shape index (κ1) is 11.2. The SMILES string of the molecule is Cc1cccc(-n2ccc(C)c(C#N)c2=O)c1. The molecule has 0 saturated heterocycles. The Balaban J connectivity index is 2.71. The van der Waals surface area contributed by atoms with Crippen molar-refractivity contribution in [2.45, 2.75) is 13.8 Å². The molecule has 2 rings (SSSR count). The quantitative estimate of drug-likeness (QED) is 0.746. The van der Waals surface area contributed by atoms with Gasteiger partial charge in [-0.1, -0.05) is 12.1 Å². The molecule has 0 fully saturated rings. The van der Waals surface area contributed by atoms with Gasteiger partial charge in [0.1, 0.15) is 11.6 Å². The van der Waals surface area contributed by atoms with Crippen LogP contribution in [0.15, 0.2) is 41.3 Å². The molecule has 1 heterocycles. The molecule has 0 saturated carbocycles. The molecule has 84 valence electrons. The number of rotatable bonds is 1. The molecule has 0 radical (unpaired) electrons. The molecule has 0 N–H and O–H groups in total. The fourth-order valence-electron chi connectivity index (χ4n) is 1.74. The first-order valence-corrected chi connectivity index (χ1v) is 5.33. The molecule has 0 atom stereocenters. The van der Waals surface area contributed by atoms with Crippen molar-refractivity contribution < 1.29 is 0 Å². The summed E-state index contributed by atoms with van der Waals surface area (Å²) in [5.41, 5.74) is 2.51. The Bertz CT molecular complexity index is 663. The highest BCUT2D eigenvalue weighted by Gasteiger charge is 2.07. The third kappa shape index (κ3) is 1.98. The number of pyridine rings is 1. The van der Waals surface area contributed by atoms with Gasteiger partial charge in [0.15, 0.2) is 0 Å². The number of aryl methyl sites for hydroxylation is 2. The Labute approximate surface area is 99.6 Å². The van der Waals surface area contributed by atoms with Gasteiger partial charge in [0.25, 0.3) is 5.56 Å². The molecule has 3 heteroatoms. The van der Waals surface area contributed by atoms with Gasteiger partial charge in [-0.25, -0.2) is 0 Å². The van der Waals surface area contributed by atoms with Crippen LogP contribution in [0.1, 0.15) is 16.7 Å². The maximum absolute atomic E-state index is 12.1. The Kier molecular flexibility index (Phi) is 2.80. The van der Waals surface area contributed by atoms with Crippen LogP contribution in [-0.4, -0.2) is 4.57 Å². The first-order chi connectivity index (χ1) is 8.13. The van der Waals surface area contributed by atoms with Crippen molar-refractivity contribution in [1.29, 1.82) is 5.26 Å². The lowest BCUT2D eigenvalue weighted by Crippen LogP contribution is -2.21. The van der Waals surface area contributed by atoms with E-state index < -0.39 is 0 Å². The zero-order valence-corrected chi connectivity index (χ0v) is 9.77. The zero-order chi connectivity index (χ0) is 12.4. The van der Waals surface area contributed by atoms with Crippen molar-refractivity contribution in [1.82, 2.24) is 4.57 Å². The van der Waals surface area contributed by atoms with Gasteiger partial charge in [-0.2, -0.15) is 5.26 Å². The zero-order valence-electron chi connectivity index (χ0n) is 9.77. The number of nitriles is 1. The highest BCUT2D eigenvalue weighted by molar-refractivity contribution is 5.41. The lowest BCUT2D eigenvalue weighted by atomic mass is 10.1. The van der Waals surface area contributed by atoms with Gasteiger partial charge in [-0.05, 0) is 43.2 Å². The predicted molar refractivity (Wildman–Crippen MR) is 66.2 cm³/mol. The molecule has 0 aliphatic rings. The Morgan fingerprint density at radius 3 is 2.65 bits per heavy atom. The van der Waals surface area contributed by atoms with E-state index in [0.717, 1.165) is 11.3 Å². The van der Waals surface area contributed by atoms with Crippen molar-refractivity contribution in [3.63, 3.8) is 0 Å². The predicted octanol–water partition coefficient (Wildman–Crippen LogP) is 2.33. The van der Waals surface area contributed by atoms with E-state index in [1.54, 1.807) is 19.2 Å². The third-order valence-corrected chi connectivity index (χ3v) is 2.69. The van der Waals surface area contributed by atoms with Crippen LogP contribution in [0, 0.1) is 25.2 Å². The number of hydrogen-bond acceptors (Lipinski definition) is 2. The highest BCUT2D eigenvalue weighted by Crippen LogP contribution is 2.09. The van der Waals surface area contributed by atoms with Gasteiger partial charge in [0.05, 0.1) is 0 Å². The van der Waals surface area contributed by atoms with Gasteiger partial charge in [-0.15, -0.1) is 0 Å². The minimum absolute atomic E-state index is 0.203. The molecule has 0 aliphatic heterocycles. The normalized spacial score (nSPS) is 9.94. The van der Waals surface area contributed by atoms with Crippen LogP contribution < -0.4 is 5.56 Å². The molecule has 1 aromatic carbocycles. The summed E-state index contributed by atoms with van der Waals surface area (Å²) in [5, 5.41) is 8.96. The summed E-state index contributed by atoms with van der Waals surface area (Å²) < 4.78 is 1.50. The Morgan fingerprint density at radius 1 is 1.24 bits per heavy atom. The average molecular weight is 224 g/mol. The minimum atomic E-state index is -0.266. The molecule has 0 bridgehead atoms. The van der Waals surface area contributed by atoms with E-state index in [1.807, 2.05) is 37.3 Å².